The van der Waals surface area contributed by atoms with E-state index in [9.17, 15) is 0 Å². The van der Waals surface area contributed by atoms with Gasteiger partial charge in [-0.05, 0) is 44.0 Å². The molecule has 1 fully saturated rings. The molecule has 1 saturated heterocycles. The van der Waals surface area contributed by atoms with E-state index in [1.807, 2.05) is 17.8 Å². The van der Waals surface area contributed by atoms with Gasteiger partial charge in [0.2, 0.25) is 5.88 Å². The summed E-state index contributed by atoms with van der Waals surface area (Å²) in [7, 11) is 5.37. The molecule has 0 amide bonds. The lowest BCUT2D eigenvalue weighted by atomic mass is 10.0. The van der Waals surface area contributed by atoms with Crippen molar-refractivity contribution in [3.8, 4) is 11.6 Å². The van der Waals surface area contributed by atoms with E-state index in [1.165, 1.54) is 17.5 Å². The fourth-order valence-corrected chi connectivity index (χ4v) is 3.63. The predicted molar refractivity (Wildman–Crippen MR) is 89.9 cm³/mol. The third-order valence-corrected chi connectivity index (χ3v) is 4.62. The molecule has 1 atom stereocenters. The zero-order chi connectivity index (χ0) is 16.4. The first-order chi connectivity index (χ1) is 11.1. The number of benzene rings is 1. The highest BCUT2D eigenvalue weighted by atomic mass is 16.5. The van der Waals surface area contributed by atoms with Crippen molar-refractivity contribution in [2.45, 2.75) is 32.4 Å². The lowest BCUT2D eigenvalue weighted by molar-refractivity contribution is 0.240. The van der Waals surface area contributed by atoms with Crippen LogP contribution in [0, 0.1) is 6.92 Å². The van der Waals surface area contributed by atoms with Gasteiger partial charge < -0.3 is 9.47 Å². The SMILES string of the molecule is COc1cccc(CN2CCC[C@@H]2c2c(C)nn(C)c2OC)c1. The molecule has 0 bridgehead atoms. The Morgan fingerprint density at radius 1 is 1.26 bits per heavy atom. The van der Waals surface area contributed by atoms with Crippen LogP contribution in [0.4, 0.5) is 0 Å². The number of methoxy groups -OCH3 is 2. The monoisotopic (exact) mass is 315 g/mol. The number of nitrogens with zero attached hydrogens (tertiary/aromatic N) is 3. The van der Waals surface area contributed by atoms with Gasteiger partial charge in [0.05, 0.1) is 25.5 Å². The molecule has 0 unspecified atom stereocenters. The summed E-state index contributed by atoms with van der Waals surface area (Å²) in [6.07, 6.45) is 2.35. The van der Waals surface area contributed by atoms with Crippen LogP contribution >= 0.6 is 0 Å². The molecule has 0 saturated carbocycles. The Morgan fingerprint density at radius 3 is 2.83 bits per heavy atom. The molecule has 1 aliphatic rings. The number of hydrogen-bond acceptors (Lipinski definition) is 4. The molecule has 5 heteroatoms. The molecule has 0 spiro atoms. The van der Waals surface area contributed by atoms with E-state index < -0.39 is 0 Å². The lowest BCUT2D eigenvalue weighted by Crippen LogP contribution is -2.23. The first-order valence-corrected chi connectivity index (χ1v) is 8.08. The number of aryl methyl sites for hydroxylation is 2. The third-order valence-electron chi connectivity index (χ3n) is 4.62. The Kier molecular flexibility index (Phi) is 4.57. The summed E-state index contributed by atoms with van der Waals surface area (Å²) in [4.78, 5) is 2.52. The van der Waals surface area contributed by atoms with Gasteiger partial charge in [0.15, 0.2) is 0 Å². The topological polar surface area (TPSA) is 39.5 Å². The van der Waals surface area contributed by atoms with E-state index in [1.54, 1.807) is 14.2 Å². The van der Waals surface area contributed by atoms with E-state index in [4.69, 9.17) is 9.47 Å². The normalized spacial score (nSPS) is 18.3. The fourth-order valence-electron chi connectivity index (χ4n) is 3.63. The number of hydrogen-bond donors (Lipinski definition) is 0. The Balaban J connectivity index is 1.86. The average molecular weight is 315 g/mol. The van der Waals surface area contributed by atoms with E-state index in [0.717, 1.165) is 36.8 Å². The third kappa shape index (κ3) is 3.06. The first-order valence-electron chi connectivity index (χ1n) is 8.08. The van der Waals surface area contributed by atoms with Gasteiger partial charge in [-0.1, -0.05) is 12.1 Å². The van der Waals surface area contributed by atoms with Crippen LogP contribution in [0.1, 0.15) is 35.7 Å². The molecular weight excluding hydrogens is 290 g/mol. The summed E-state index contributed by atoms with van der Waals surface area (Å²) in [5, 5.41) is 4.54. The van der Waals surface area contributed by atoms with Gasteiger partial charge in [-0.15, -0.1) is 0 Å². The molecule has 5 nitrogen and oxygen atoms in total. The number of aromatic nitrogens is 2. The maximum Gasteiger partial charge on any atom is 0.216 e. The number of rotatable bonds is 5. The van der Waals surface area contributed by atoms with Crippen molar-refractivity contribution in [2.75, 3.05) is 20.8 Å². The highest BCUT2D eigenvalue weighted by molar-refractivity contribution is 5.35. The summed E-state index contributed by atoms with van der Waals surface area (Å²) < 4.78 is 12.8. The van der Waals surface area contributed by atoms with Gasteiger partial charge in [-0.3, -0.25) is 4.90 Å². The molecule has 2 heterocycles. The van der Waals surface area contributed by atoms with Crippen LogP contribution < -0.4 is 9.47 Å². The van der Waals surface area contributed by atoms with E-state index >= 15 is 0 Å². The standard InChI is InChI=1S/C18H25N3O2/c1-13-17(18(23-4)20(2)19-13)16-9-6-10-21(16)12-14-7-5-8-15(11-14)22-3/h5,7-8,11,16H,6,9-10,12H2,1-4H3/t16-/m1/s1. The minimum absolute atomic E-state index is 0.366. The Labute approximate surface area is 137 Å². The van der Waals surface area contributed by atoms with Crippen molar-refractivity contribution in [3.63, 3.8) is 0 Å². The predicted octanol–water partition coefficient (Wildman–Crippen LogP) is 3.08. The van der Waals surface area contributed by atoms with Crippen LogP contribution in [0.25, 0.3) is 0 Å². The maximum atomic E-state index is 5.60. The van der Waals surface area contributed by atoms with Crippen LogP contribution in [0.2, 0.25) is 0 Å². The van der Waals surface area contributed by atoms with Crippen LogP contribution in [0.15, 0.2) is 24.3 Å². The van der Waals surface area contributed by atoms with Crippen LogP contribution in [0.3, 0.4) is 0 Å². The smallest absolute Gasteiger partial charge is 0.216 e. The summed E-state index contributed by atoms with van der Waals surface area (Å²) in [5.41, 5.74) is 3.57. The zero-order valence-corrected chi connectivity index (χ0v) is 14.4. The maximum absolute atomic E-state index is 5.60. The molecule has 0 radical (unpaired) electrons. The van der Waals surface area contributed by atoms with Crippen LogP contribution in [-0.4, -0.2) is 35.4 Å². The van der Waals surface area contributed by atoms with Gasteiger partial charge in [-0.2, -0.15) is 5.10 Å². The van der Waals surface area contributed by atoms with Crippen molar-refractivity contribution < 1.29 is 9.47 Å². The Hall–Kier alpha value is -2.01. The molecular formula is C18H25N3O2. The zero-order valence-electron chi connectivity index (χ0n) is 14.4. The van der Waals surface area contributed by atoms with Gasteiger partial charge in [0, 0.05) is 19.6 Å². The number of likely N-dealkylation sites (tertiary alicyclic amines) is 1. The molecule has 1 aliphatic heterocycles. The molecule has 0 N–H and O–H groups in total. The second kappa shape index (κ2) is 6.62. The second-order valence-electron chi connectivity index (χ2n) is 6.11. The van der Waals surface area contributed by atoms with Crippen molar-refractivity contribution >= 4 is 0 Å². The summed E-state index contributed by atoms with van der Waals surface area (Å²) >= 11 is 0. The second-order valence-corrected chi connectivity index (χ2v) is 6.11. The van der Waals surface area contributed by atoms with Gasteiger partial charge in [0.25, 0.3) is 0 Å². The highest BCUT2D eigenvalue weighted by Gasteiger charge is 2.32. The summed E-state index contributed by atoms with van der Waals surface area (Å²) in [6, 6.07) is 8.67. The molecule has 0 aliphatic carbocycles. The number of ether oxygens (including phenoxy) is 2. The Morgan fingerprint density at radius 2 is 2.09 bits per heavy atom. The Bertz CT molecular complexity index is 681. The first kappa shape index (κ1) is 15.9. The average Bonchev–Trinajstić information content (AvgIpc) is 3.10. The highest BCUT2D eigenvalue weighted by Crippen LogP contribution is 2.39. The van der Waals surface area contributed by atoms with E-state index in [2.05, 4.69) is 35.1 Å². The van der Waals surface area contributed by atoms with Crippen molar-refractivity contribution in [2.24, 2.45) is 7.05 Å². The van der Waals surface area contributed by atoms with Crippen molar-refractivity contribution in [3.05, 3.63) is 41.1 Å². The molecule has 124 valence electrons. The van der Waals surface area contributed by atoms with Gasteiger partial charge in [0.1, 0.15) is 5.75 Å². The summed E-state index contributed by atoms with van der Waals surface area (Å²) in [6.45, 7) is 4.08. The van der Waals surface area contributed by atoms with Gasteiger partial charge >= 0.3 is 0 Å². The van der Waals surface area contributed by atoms with Crippen molar-refractivity contribution in [1.29, 1.82) is 0 Å². The fraction of sp³-hybridized carbons (Fsp3) is 0.500. The van der Waals surface area contributed by atoms with Crippen LogP contribution in [0.5, 0.6) is 11.6 Å². The molecule has 23 heavy (non-hydrogen) atoms. The van der Waals surface area contributed by atoms with E-state index in [-0.39, 0.29) is 0 Å². The minimum atomic E-state index is 0.366. The van der Waals surface area contributed by atoms with Gasteiger partial charge in [-0.25, -0.2) is 4.68 Å². The summed E-state index contributed by atoms with van der Waals surface area (Å²) in [5.74, 6) is 1.79. The minimum Gasteiger partial charge on any atom is -0.497 e. The molecule has 1 aromatic carbocycles. The largest absolute Gasteiger partial charge is 0.497 e. The van der Waals surface area contributed by atoms with Crippen molar-refractivity contribution in [1.82, 2.24) is 14.7 Å². The van der Waals surface area contributed by atoms with E-state index in [0.29, 0.717) is 6.04 Å². The lowest BCUT2D eigenvalue weighted by Gasteiger charge is -2.25. The molecule has 1 aromatic heterocycles. The molecule has 2 aromatic rings. The van der Waals surface area contributed by atoms with Crippen LogP contribution in [-0.2, 0) is 13.6 Å². The quantitative estimate of drug-likeness (QED) is 0.850. The molecule has 3 rings (SSSR count).